The third kappa shape index (κ3) is 3.91. The lowest BCUT2D eigenvalue weighted by atomic mass is 10.1. The third-order valence-corrected chi connectivity index (χ3v) is 5.41. The number of pyridine rings is 1. The first-order chi connectivity index (χ1) is 11.8. The summed E-state index contributed by atoms with van der Waals surface area (Å²) >= 11 is 0. The van der Waals surface area contributed by atoms with Crippen LogP contribution in [0.1, 0.15) is 15.9 Å². The molecule has 1 aromatic heterocycles. The fourth-order valence-corrected chi connectivity index (χ4v) is 4.06. The molecule has 1 amide bonds. The van der Waals surface area contributed by atoms with Crippen LogP contribution in [0.4, 0.5) is 0 Å². The van der Waals surface area contributed by atoms with Gasteiger partial charge < -0.3 is 5.32 Å². The standard InChI is InChI=1S/C19H18N2OS2/c1-23-24-17-9-5-8-15-16(11-13-20-18(15)17)19(22)21-12-10-14-6-3-2-4-7-14/h2-9,11,13H,10,12H2,1H3,(H,21,22). The summed E-state index contributed by atoms with van der Waals surface area (Å²) in [5.74, 6) is -0.0513. The van der Waals surface area contributed by atoms with Gasteiger partial charge in [-0.2, -0.15) is 0 Å². The first-order valence-electron chi connectivity index (χ1n) is 7.70. The second kappa shape index (κ2) is 8.22. The highest BCUT2D eigenvalue weighted by Gasteiger charge is 2.12. The molecule has 0 aliphatic heterocycles. The maximum Gasteiger partial charge on any atom is 0.252 e. The Morgan fingerprint density at radius 3 is 2.71 bits per heavy atom. The molecule has 0 aliphatic rings. The molecule has 0 radical (unpaired) electrons. The van der Waals surface area contributed by atoms with Crippen molar-refractivity contribution in [2.24, 2.45) is 0 Å². The van der Waals surface area contributed by atoms with Crippen LogP contribution >= 0.6 is 21.6 Å². The zero-order valence-corrected chi connectivity index (χ0v) is 15.0. The summed E-state index contributed by atoms with van der Waals surface area (Å²) in [5.41, 5.74) is 2.78. The normalized spacial score (nSPS) is 10.7. The molecule has 3 rings (SSSR count). The van der Waals surface area contributed by atoms with Crippen molar-refractivity contribution in [3.8, 4) is 0 Å². The van der Waals surface area contributed by atoms with Gasteiger partial charge in [-0.05, 0) is 30.4 Å². The SMILES string of the molecule is CSSc1cccc2c(C(=O)NCCc3ccccc3)ccnc12. The molecule has 122 valence electrons. The number of rotatable bonds is 6. The van der Waals surface area contributed by atoms with Crippen LogP contribution in [-0.2, 0) is 6.42 Å². The number of nitrogens with zero attached hydrogens (tertiary/aromatic N) is 1. The molecular weight excluding hydrogens is 336 g/mol. The second-order valence-electron chi connectivity index (χ2n) is 5.25. The Bertz CT molecular complexity index is 837. The second-order valence-corrected chi connectivity index (χ2v) is 7.69. The summed E-state index contributed by atoms with van der Waals surface area (Å²) in [5, 5.41) is 3.91. The first kappa shape index (κ1) is 16.9. The van der Waals surface area contributed by atoms with E-state index in [1.807, 2.05) is 42.7 Å². The van der Waals surface area contributed by atoms with E-state index < -0.39 is 0 Å². The van der Waals surface area contributed by atoms with Crippen molar-refractivity contribution in [3.05, 3.63) is 71.9 Å². The Morgan fingerprint density at radius 1 is 1.08 bits per heavy atom. The molecule has 0 unspecified atom stereocenters. The van der Waals surface area contributed by atoms with Crippen molar-refractivity contribution in [3.63, 3.8) is 0 Å². The van der Waals surface area contributed by atoms with Gasteiger partial charge in [0, 0.05) is 23.0 Å². The van der Waals surface area contributed by atoms with E-state index in [9.17, 15) is 4.79 Å². The van der Waals surface area contributed by atoms with E-state index in [1.165, 1.54) is 5.56 Å². The van der Waals surface area contributed by atoms with Gasteiger partial charge in [-0.3, -0.25) is 9.78 Å². The molecule has 1 heterocycles. The van der Waals surface area contributed by atoms with Crippen LogP contribution < -0.4 is 5.32 Å². The molecule has 3 aromatic rings. The van der Waals surface area contributed by atoms with Gasteiger partial charge in [-0.1, -0.05) is 64.1 Å². The van der Waals surface area contributed by atoms with Gasteiger partial charge in [-0.25, -0.2) is 0 Å². The molecule has 5 heteroatoms. The average molecular weight is 354 g/mol. The van der Waals surface area contributed by atoms with Crippen molar-refractivity contribution in [1.82, 2.24) is 10.3 Å². The number of nitrogens with one attached hydrogen (secondary N) is 1. The molecule has 0 spiro atoms. The van der Waals surface area contributed by atoms with Gasteiger partial charge in [0.2, 0.25) is 0 Å². The Labute approximate surface area is 149 Å². The number of hydrogen-bond donors (Lipinski definition) is 1. The van der Waals surface area contributed by atoms with Crippen molar-refractivity contribution in [2.75, 3.05) is 12.8 Å². The number of aromatic nitrogens is 1. The summed E-state index contributed by atoms with van der Waals surface area (Å²) in [4.78, 5) is 18.1. The van der Waals surface area contributed by atoms with Crippen molar-refractivity contribution in [2.45, 2.75) is 11.3 Å². The van der Waals surface area contributed by atoms with Gasteiger partial charge >= 0.3 is 0 Å². The van der Waals surface area contributed by atoms with E-state index in [-0.39, 0.29) is 5.91 Å². The minimum absolute atomic E-state index is 0.0513. The largest absolute Gasteiger partial charge is 0.352 e. The van der Waals surface area contributed by atoms with E-state index in [0.29, 0.717) is 12.1 Å². The molecule has 0 bridgehead atoms. The van der Waals surface area contributed by atoms with Gasteiger partial charge in [-0.15, -0.1) is 0 Å². The number of amides is 1. The highest BCUT2D eigenvalue weighted by atomic mass is 33.1. The molecule has 2 aromatic carbocycles. The smallest absolute Gasteiger partial charge is 0.252 e. The maximum atomic E-state index is 12.6. The molecule has 3 nitrogen and oxygen atoms in total. The van der Waals surface area contributed by atoms with E-state index in [0.717, 1.165) is 22.2 Å². The molecule has 0 saturated carbocycles. The maximum absolute atomic E-state index is 12.6. The topological polar surface area (TPSA) is 42.0 Å². The molecule has 0 atom stereocenters. The first-order valence-corrected chi connectivity index (χ1v) is 10.3. The van der Waals surface area contributed by atoms with Gasteiger partial charge in [0.25, 0.3) is 5.91 Å². The lowest BCUT2D eigenvalue weighted by Gasteiger charge is -2.09. The van der Waals surface area contributed by atoms with Crippen LogP contribution in [0.25, 0.3) is 10.9 Å². The van der Waals surface area contributed by atoms with Crippen LogP contribution in [0, 0.1) is 0 Å². The van der Waals surface area contributed by atoms with Crippen molar-refractivity contribution < 1.29 is 4.79 Å². The monoisotopic (exact) mass is 354 g/mol. The fourth-order valence-electron chi connectivity index (χ4n) is 2.56. The molecule has 0 saturated heterocycles. The number of para-hydroxylation sites is 1. The van der Waals surface area contributed by atoms with E-state index >= 15 is 0 Å². The third-order valence-electron chi connectivity index (χ3n) is 3.69. The van der Waals surface area contributed by atoms with Crippen LogP contribution in [0.15, 0.2) is 65.7 Å². The quantitative estimate of drug-likeness (QED) is 0.658. The van der Waals surface area contributed by atoms with E-state index in [4.69, 9.17) is 0 Å². The molecule has 1 N–H and O–H groups in total. The summed E-state index contributed by atoms with van der Waals surface area (Å²) in [6, 6.07) is 17.9. The molecular formula is C19H18N2OS2. The lowest BCUT2D eigenvalue weighted by molar-refractivity contribution is 0.0955. The van der Waals surface area contributed by atoms with Gasteiger partial charge in [0.1, 0.15) is 0 Å². The van der Waals surface area contributed by atoms with E-state index in [1.54, 1.807) is 33.9 Å². The van der Waals surface area contributed by atoms with Crippen LogP contribution in [0.5, 0.6) is 0 Å². The summed E-state index contributed by atoms with van der Waals surface area (Å²) in [6.45, 7) is 0.617. The highest BCUT2D eigenvalue weighted by molar-refractivity contribution is 8.76. The van der Waals surface area contributed by atoms with Crippen molar-refractivity contribution in [1.29, 1.82) is 0 Å². The van der Waals surface area contributed by atoms with Crippen LogP contribution in [0.2, 0.25) is 0 Å². The molecule has 24 heavy (non-hydrogen) atoms. The predicted octanol–water partition coefficient (Wildman–Crippen LogP) is 4.58. The predicted molar refractivity (Wildman–Crippen MR) is 104 cm³/mol. The Balaban J connectivity index is 1.76. The number of benzene rings is 2. The minimum Gasteiger partial charge on any atom is -0.352 e. The Kier molecular flexibility index (Phi) is 5.77. The zero-order valence-electron chi connectivity index (χ0n) is 13.4. The number of fused-ring (bicyclic) bond motifs is 1. The summed E-state index contributed by atoms with van der Waals surface area (Å²) in [7, 11) is 3.33. The molecule has 0 fully saturated rings. The molecule has 0 aliphatic carbocycles. The number of hydrogen-bond acceptors (Lipinski definition) is 4. The Hall–Kier alpha value is -1.98. The van der Waals surface area contributed by atoms with Gasteiger partial charge in [0.05, 0.1) is 11.1 Å². The number of carbonyl (C=O) groups is 1. The van der Waals surface area contributed by atoms with Crippen LogP contribution in [0.3, 0.4) is 0 Å². The summed E-state index contributed by atoms with van der Waals surface area (Å²) < 4.78 is 0. The minimum atomic E-state index is -0.0513. The Morgan fingerprint density at radius 2 is 1.92 bits per heavy atom. The van der Waals surface area contributed by atoms with Gasteiger partial charge in [0.15, 0.2) is 0 Å². The van der Waals surface area contributed by atoms with Crippen molar-refractivity contribution >= 4 is 38.4 Å². The highest BCUT2D eigenvalue weighted by Crippen LogP contribution is 2.34. The summed E-state index contributed by atoms with van der Waals surface area (Å²) in [6.07, 6.45) is 4.56. The van der Waals surface area contributed by atoms with Crippen LogP contribution in [-0.4, -0.2) is 23.7 Å². The lowest BCUT2D eigenvalue weighted by Crippen LogP contribution is -2.26. The number of carbonyl (C=O) groups excluding carboxylic acids is 1. The fraction of sp³-hybridized carbons (Fsp3) is 0.158. The zero-order chi connectivity index (χ0) is 16.8. The average Bonchev–Trinajstić information content (AvgIpc) is 2.62. The van der Waals surface area contributed by atoms with E-state index in [2.05, 4.69) is 22.4 Å².